The lowest BCUT2D eigenvalue weighted by Crippen LogP contribution is -2.52. The van der Waals surface area contributed by atoms with Crippen molar-refractivity contribution in [2.75, 3.05) is 62.6 Å². The van der Waals surface area contributed by atoms with E-state index < -0.39 is 29.7 Å². The maximum Gasteiger partial charge on any atom is 0.416 e. The first-order valence-corrected chi connectivity index (χ1v) is 23.6. The second-order valence-electron chi connectivity index (χ2n) is 18.6. The fourth-order valence-corrected chi connectivity index (χ4v) is 10.5. The fourth-order valence-electron chi connectivity index (χ4n) is 10.5. The van der Waals surface area contributed by atoms with Crippen LogP contribution in [-0.2, 0) is 22.3 Å². The van der Waals surface area contributed by atoms with E-state index in [9.17, 15) is 27.6 Å². The normalized spacial score (nSPS) is 19.6. The van der Waals surface area contributed by atoms with Gasteiger partial charge in [-0.2, -0.15) is 18.3 Å². The van der Waals surface area contributed by atoms with Gasteiger partial charge in [0.15, 0.2) is 5.82 Å². The van der Waals surface area contributed by atoms with Crippen LogP contribution in [0.3, 0.4) is 0 Å². The average Bonchev–Trinajstić information content (AvgIpc) is 3.60. The quantitative estimate of drug-likeness (QED) is 0.0646. The van der Waals surface area contributed by atoms with Crippen molar-refractivity contribution in [3.05, 3.63) is 93.4 Å². The first kappa shape index (κ1) is 46.4. The van der Waals surface area contributed by atoms with Crippen molar-refractivity contribution < 1.29 is 31.9 Å². The second-order valence-corrected chi connectivity index (χ2v) is 18.6. The summed E-state index contributed by atoms with van der Waals surface area (Å²) in [6.45, 7) is 13.4. The summed E-state index contributed by atoms with van der Waals surface area (Å²) in [6.07, 6.45) is 6.36. The number of unbranched alkanes of at least 4 members (excludes halogenated alkanes) is 6. The van der Waals surface area contributed by atoms with Crippen LogP contribution in [0.2, 0.25) is 0 Å². The molecule has 2 unspecified atom stereocenters. The highest BCUT2D eigenvalue weighted by Gasteiger charge is 2.40. The zero-order chi connectivity index (χ0) is 45.8. The van der Waals surface area contributed by atoms with Crippen molar-refractivity contribution in [2.45, 2.75) is 122 Å². The van der Waals surface area contributed by atoms with E-state index in [2.05, 4.69) is 53.7 Å². The van der Waals surface area contributed by atoms with Crippen molar-refractivity contribution >= 4 is 40.0 Å². The van der Waals surface area contributed by atoms with E-state index in [1.54, 1.807) is 6.07 Å². The summed E-state index contributed by atoms with van der Waals surface area (Å²) in [5.41, 5.74) is 3.82. The number of imide groups is 1. The molecule has 0 aliphatic carbocycles. The lowest BCUT2D eigenvalue weighted by molar-refractivity contribution is -0.138. The number of anilines is 2. The summed E-state index contributed by atoms with van der Waals surface area (Å²) in [5, 5.41) is 16.4. The standard InChI is InChI=1S/C50H62F4N8O3/c1-32-38(12-11-13-43(32)50(52,53)54)33(2)55-47-42-29-37(14-15-39(42)34(3)57-58-47)61-26-24-60(25-27-61)21-10-8-6-4-5-7-9-20-59-22-18-35(19-23-59)40-28-36-31-62(49(65)41(36)30-44(40)51)45-16-17-46(63)56-48(45)64/h11-15,28-30,33,35,45H,4-10,16-27,31H2,1-3H3,(H,55,58)(H,56,63,64). The summed E-state index contributed by atoms with van der Waals surface area (Å²) in [6, 6.07) is 12.7. The summed E-state index contributed by atoms with van der Waals surface area (Å²) < 4.78 is 56.3. The van der Waals surface area contributed by atoms with Gasteiger partial charge in [0.05, 0.1) is 17.3 Å². The van der Waals surface area contributed by atoms with Crippen LogP contribution in [0.4, 0.5) is 29.1 Å². The van der Waals surface area contributed by atoms with Gasteiger partial charge in [-0.3, -0.25) is 24.6 Å². The highest BCUT2D eigenvalue weighted by Crippen LogP contribution is 2.38. The van der Waals surface area contributed by atoms with Gasteiger partial charge in [0.25, 0.3) is 5.91 Å². The summed E-state index contributed by atoms with van der Waals surface area (Å²) >= 11 is 0. The number of piperidine rings is 2. The van der Waals surface area contributed by atoms with Crippen LogP contribution in [0.25, 0.3) is 10.8 Å². The third-order valence-electron chi connectivity index (χ3n) is 14.3. The maximum atomic E-state index is 15.4. The average molecular weight is 899 g/mol. The van der Waals surface area contributed by atoms with Crippen LogP contribution in [0.5, 0.6) is 0 Å². The Bertz CT molecular complexity index is 2380. The minimum Gasteiger partial charge on any atom is -0.369 e. The highest BCUT2D eigenvalue weighted by atomic mass is 19.4. The molecule has 2 N–H and O–H groups in total. The molecule has 0 radical (unpaired) electrons. The predicted octanol–water partition coefficient (Wildman–Crippen LogP) is 9.07. The topological polar surface area (TPSA) is 114 Å². The van der Waals surface area contributed by atoms with Gasteiger partial charge in [-0.15, -0.1) is 5.10 Å². The number of hydrogen-bond donors (Lipinski definition) is 2. The molecule has 348 valence electrons. The largest absolute Gasteiger partial charge is 0.416 e. The number of hydrogen-bond acceptors (Lipinski definition) is 9. The van der Waals surface area contributed by atoms with E-state index in [0.717, 1.165) is 99.0 Å². The van der Waals surface area contributed by atoms with Crippen molar-refractivity contribution in [3.63, 3.8) is 0 Å². The minimum atomic E-state index is -4.42. The van der Waals surface area contributed by atoms with Gasteiger partial charge in [0.2, 0.25) is 11.8 Å². The van der Waals surface area contributed by atoms with Crippen molar-refractivity contribution in [3.8, 4) is 0 Å². The van der Waals surface area contributed by atoms with E-state index >= 15 is 4.39 Å². The third kappa shape index (κ3) is 10.6. The molecule has 1 aromatic heterocycles. The van der Waals surface area contributed by atoms with Crippen LogP contribution in [0, 0.1) is 19.7 Å². The number of piperazine rings is 1. The molecule has 15 heteroatoms. The number of nitrogens with one attached hydrogen (secondary N) is 2. The molecule has 4 aliphatic rings. The van der Waals surface area contributed by atoms with Gasteiger partial charge in [-0.1, -0.05) is 56.4 Å². The summed E-state index contributed by atoms with van der Waals surface area (Å²) in [4.78, 5) is 46.1. The van der Waals surface area contributed by atoms with Gasteiger partial charge in [-0.05, 0) is 131 Å². The molecule has 4 aliphatic heterocycles. The number of likely N-dealkylation sites (tertiary alicyclic amines) is 1. The molecular formula is C50H62F4N8O3. The lowest BCUT2D eigenvalue weighted by Gasteiger charge is -2.36. The molecule has 4 aromatic rings. The molecule has 0 bridgehead atoms. The molecule has 3 aromatic carbocycles. The SMILES string of the molecule is Cc1c(C(C)Nc2nnc(C)c3ccc(N4CCN(CCCCCCCCCN5CCC(c6cc7c(cc6F)C(=O)N(C6CCC(=O)NC6=O)C7)CC5)CC4)cc23)cccc1C(F)(F)F. The fraction of sp³-hybridized carbons (Fsp3) is 0.540. The molecule has 0 saturated carbocycles. The monoisotopic (exact) mass is 898 g/mol. The first-order valence-electron chi connectivity index (χ1n) is 23.6. The van der Waals surface area contributed by atoms with Crippen LogP contribution in [-0.4, -0.2) is 101 Å². The summed E-state index contributed by atoms with van der Waals surface area (Å²) in [5.74, 6) is -0.812. The van der Waals surface area contributed by atoms with Gasteiger partial charge in [0, 0.05) is 61.2 Å². The smallest absolute Gasteiger partial charge is 0.369 e. The Morgan fingerprint density at radius 3 is 2.15 bits per heavy atom. The van der Waals surface area contributed by atoms with Gasteiger partial charge in [-0.25, -0.2) is 4.39 Å². The number of rotatable bonds is 16. The summed E-state index contributed by atoms with van der Waals surface area (Å²) in [7, 11) is 0. The molecule has 2 atom stereocenters. The van der Waals surface area contributed by atoms with E-state index in [1.807, 2.05) is 19.9 Å². The van der Waals surface area contributed by atoms with E-state index in [1.165, 1.54) is 68.9 Å². The molecule has 0 spiro atoms. The lowest BCUT2D eigenvalue weighted by atomic mass is 9.87. The minimum absolute atomic E-state index is 0.105. The molecule has 3 amide bonds. The van der Waals surface area contributed by atoms with Crippen LogP contribution in [0.15, 0.2) is 48.5 Å². The zero-order valence-electron chi connectivity index (χ0n) is 37.9. The predicted molar refractivity (Wildman–Crippen MR) is 244 cm³/mol. The third-order valence-corrected chi connectivity index (χ3v) is 14.3. The Balaban J connectivity index is 0.706. The van der Waals surface area contributed by atoms with Crippen molar-refractivity contribution in [1.82, 2.24) is 30.2 Å². The number of nitrogens with zero attached hydrogens (tertiary/aromatic N) is 6. The maximum absolute atomic E-state index is 15.4. The number of carbonyl (C=O) groups is 3. The van der Waals surface area contributed by atoms with Crippen molar-refractivity contribution in [2.24, 2.45) is 0 Å². The second kappa shape index (κ2) is 20.2. The number of benzene rings is 3. The van der Waals surface area contributed by atoms with E-state index in [4.69, 9.17) is 0 Å². The zero-order valence-corrected chi connectivity index (χ0v) is 37.9. The van der Waals surface area contributed by atoms with Crippen LogP contribution >= 0.6 is 0 Å². The molecule has 3 fully saturated rings. The number of carbonyl (C=O) groups excluding carboxylic acids is 3. The van der Waals surface area contributed by atoms with E-state index in [0.29, 0.717) is 22.5 Å². The van der Waals surface area contributed by atoms with Gasteiger partial charge in [0.1, 0.15) is 11.9 Å². The van der Waals surface area contributed by atoms with Gasteiger partial charge >= 0.3 is 6.18 Å². The van der Waals surface area contributed by atoms with E-state index in [-0.39, 0.29) is 48.5 Å². The molecular weight excluding hydrogens is 837 g/mol. The molecule has 3 saturated heterocycles. The number of aromatic nitrogens is 2. The Morgan fingerprint density at radius 1 is 0.800 bits per heavy atom. The van der Waals surface area contributed by atoms with Crippen molar-refractivity contribution in [1.29, 1.82) is 0 Å². The van der Waals surface area contributed by atoms with Crippen LogP contribution < -0.4 is 15.5 Å². The number of fused-ring (bicyclic) bond motifs is 2. The van der Waals surface area contributed by atoms with Gasteiger partial charge < -0.3 is 20.0 Å². The molecule has 8 rings (SSSR count). The number of alkyl halides is 3. The Kier molecular flexibility index (Phi) is 14.4. The van der Waals surface area contributed by atoms with Crippen LogP contribution in [0.1, 0.15) is 133 Å². The Morgan fingerprint density at radius 2 is 1.48 bits per heavy atom. The number of halogens is 4. The number of aryl methyl sites for hydroxylation is 1. The molecule has 11 nitrogen and oxygen atoms in total. The molecule has 5 heterocycles. The highest BCUT2D eigenvalue weighted by molar-refractivity contribution is 6.05. The molecule has 65 heavy (non-hydrogen) atoms. The number of amides is 3. The Labute approximate surface area is 379 Å². The Hall–Kier alpha value is -5.15. The first-order chi connectivity index (χ1) is 31.2.